The molecule has 1 aliphatic heterocycles. The normalized spacial score (nSPS) is 17.7. The van der Waals surface area contributed by atoms with Crippen LogP contribution in [0.25, 0.3) is 0 Å². The molecule has 1 heterocycles. The summed E-state index contributed by atoms with van der Waals surface area (Å²) in [5.74, 6) is -0.427. The number of unbranched alkanes of at least 4 members (excludes halogenated alkanes) is 5. The van der Waals surface area contributed by atoms with E-state index in [1.165, 1.54) is 56.1 Å². The average molecular weight is 362 g/mol. The van der Waals surface area contributed by atoms with Gasteiger partial charge in [0.25, 0.3) is 0 Å². The van der Waals surface area contributed by atoms with Gasteiger partial charge in [-0.15, -0.1) is 0 Å². The maximum atomic E-state index is 5.77. The second kappa shape index (κ2) is 11.1. The summed E-state index contributed by atoms with van der Waals surface area (Å²) in [6, 6.07) is 9.59. The number of hydrogen-bond donors (Lipinski definition) is 0. The molecule has 0 radical (unpaired) electrons. The molecule has 2 rings (SSSR count). The molecule has 0 spiro atoms. The van der Waals surface area contributed by atoms with Gasteiger partial charge >= 0.3 is 0 Å². The summed E-state index contributed by atoms with van der Waals surface area (Å²) in [7, 11) is 2.17. The summed E-state index contributed by atoms with van der Waals surface area (Å²) in [5, 5.41) is 0. The highest BCUT2D eigenvalue weighted by Crippen LogP contribution is 2.19. The van der Waals surface area contributed by atoms with Gasteiger partial charge in [-0.2, -0.15) is 0 Å². The number of rotatable bonds is 11. The fourth-order valence-corrected chi connectivity index (χ4v) is 3.41. The van der Waals surface area contributed by atoms with E-state index in [9.17, 15) is 0 Å². The molecule has 3 nitrogen and oxygen atoms in total. The average Bonchev–Trinajstić information content (AvgIpc) is 2.63. The van der Waals surface area contributed by atoms with Gasteiger partial charge in [-0.1, -0.05) is 63.3 Å². The molecule has 3 heteroatoms. The molecule has 0 aromatic heterocycles. The van der Waals surface area contributed by atoms with Crippen LogP contribution in [0.15, 0.2) is 24.3 Å². The van der Waals surface area contributed by atoms with Crippen LogP contribution in [0.4, 0.5) is 0 Å². The zero-order valence-electron chi connectivity index (χ0n) is 17.4. The molecule has 1 saturated heterocycles. The van der Waals surface area contributed by atoms with Crippen molar-refractivity contribution >= 4 is 0 Å². The Morgan fingerprint density at radius 3 is 2.04 bits per heavy atom. The Kier molecular flexibility index (Phi) is 9.10. The number of benzene rings is 1. The van der Waals surface area contributed by atoms with E-state index in [0.29, 0.717) is 6.04 Å². The van der Waals surface area contributed by atoms with Crippen molar-refractivity contribution in [2.75, 3.05) is 26.8 Å². The van der Waals surface area contributed by atoms with Gasteiger partial charge in [-0.05, 0) is 51.3 Å². The maximum Gasteiger partial charge on any atom is 0.162 e. The number of aryl methyl sites for hydroxylation is 1. The van der Waals surface area contributed by atoms with Crippen molar-refractivity contribution in [2.45, 2.75) is 84.0 Å². The molecule has 0 amide bonds. The predicted molar refractivity (Wildman–Crippen MR) is 110 cm³/mol. The van der Waals surface area contributed by atoms with Crippen LogP contribution in [0.3, 0.4) is 0 Å². The van der Waals surface area contributed by atoms with Gasteiger partial charge < -0.3 is 9.47 Å². The van der Waals surface area contributed by atoms with Crippen molar-refractivity contribution in [3.8, 4) is 0 Å². The lowest BCUT2D eigenvalue weighted by molar-refractivity contribution is -0.262. The van der Waals surface area contributed by atoms with Crippen molar-refractivity contribution in [2.24, 2.45) is 0 Å². The van der Waals surface area contributed by atoms with Crippen LogP contribution >= 0.6 is 0 Å². The highest BCUT2D eigenvalue weighted by Gasteiger charge is 2.30. The molecule has 148 valence electrons. The highest BCUT2D eigenvalue weighted by molar-refractivity contribution is 5.22. The molecule has 0 N–H and O–H groups in total. The van der Waals surface area contributed by atoms with Crippen molar-refractivity contribution in [1.29, 1.82) is 0 Å². The maximum absolute atomic E-state index is 5.77. The second-order valence-corrected chi connectivity index (χ2v) is 8.24. The molecular formula is C23H39NO2. The SMILES string of the molecule is CCCCCCCCc1ccc(CCN(C)C2COC(C)(C)OC2)cc1. The van der Waals surface area contributed by atoms with Crippen molar-refractivity contribution in [3.05, 3.63) is 35.4 Å². The Morgan fingerprint density at radius 2 is 1.42 bits per heavy atom. The first kappa shape index (κ1) is 21.4. The van der Waals surface area contributed by atoms with Crippen LogP contribution in [0.2, 0.25) is 0 Å². The van der Waals surface area contributed by atoms with Crippen molar-refractivity contribution < 1.29 is 9.47 Å². The predicted octanol–water partition coefficient (Wildman–Crippen LogP) is 5.22. The largest absolute Gasteiger partial charge is 0.349 e. The summed E-state index contributed by atoms with van der Waals surface area (Å²) in [6.45, 7) is 8.78. The molecule has 1 aliphatic rings. The molecule has 0 saturated carbocycles. The first-order chi connectivity index (χ1) is 12.5. The van der Waals surface area contributed by atoms with Crippen LogP contribution in [0.1, 0.15) is 70.4 Å². The van der Waals surface area contributed by atoms with Crippen LogP contribution in [0, 0.1) is 0 Å². The smallest absolute Gasteiger partial charge is 0.162 e. The van der Waals surface area contributed by atoms with Gasteiger partial charge in [0.1, 0.15) is 0 Å². The first-order valence-corrected chi connectivity index (χ1v) is 10.6. The fraction of sp³-hybridized carbons (Fsp3) is 0.739. The summed E-state index contributed by atoms with van der Waals surface area (Å²) in [6.07, 6.45) is 10.5. The van der Waals surface area contributed by atoms with Gasteiger partial charge in [-0.25, -0.2) is 0 Å². The third-order valence-electron chi connectivity index (χ3n) is 5.47. The Bertz CT molecular complexity index is 487. The molecule has 0 unspecified atom stereocenters. The zero-order chi connectivity index (χ0) is 18.8. The second-order valence-electron chi connectivity index (χ2n) is 8.24. The Labute approximate surface area is 161 Å². The Hall–Kier alpha value is -0.900. The monoisotopic (exact) mass is 361 g/mol. The van der Waals surface area contributed by atoms with Crippen LogP contribution < -0.4 is 0 Å². The van der Waals surface area contributed by atoms with Crippen LogP contribution in [-0.2, 0) is 22.3 Å². The standard InChI is InChI=1S/C23H39NO2/c1-5-6-7-8-9-10-11-20-12-14-21(15-13-20)16-17-24(4)22-18-25-23(2,3)26-19-22/h12-15,22H,5-11,16-19H2,1-4H3. The molecule has 0 atom stereocenters. The summed E-state index contributed by atoms with van der Waals surface area (Å²) < 4.78 is 11.5. The zero-order valence-corrected chi connectivity index (χ0v) is 17.4. The van der Waals surface area contributed by atoms with E-state index >= 15 is 0 Å². The molecule has 1 aromatic rings. The third-order valence-corrected chi connectivity index (χ3v) is 5.47. The number of likely N-dealkylation sites (N-methyl/N-ethyl adjacent to an activating group) is 1. The van der Waals surface area contributed by atoms with E-state index in [-0.39, 0.29) is 0 Å². The molecular weight excluding hydrogens is 322 g/mol. The molecule has 0 bridgehead atoms. The molecule has 1 aromatic carbocycles. The van der Waals surface area contributed by atoms with Gasteiger partial charge in [0.2, 0.25) is 0 Å². The molecule has 0 aliphatic carbocycles. The number of nitrogens with zero attached hydrogens (tertiary/aromatic N) is 1. The molecule has 1 fully saturated rings. The van der Waals surface area contributed by atoms with Gasteiger partial charge in [-0.3, -0.25) is 4.90 Å². The quantitative estimate of drug-likeness (QED) is 0.505. The van der Waals surface area contributed by atoms with E-state index < -0.39 is 5.79 Å². The Balaban J connectivity index is 1.64. The lowest BCUT2D eigenvalue weighted by atomic mass is 10.0. The van der Waals surface area contributed by atoms with Gasteiger partial charge in [0, 0.05) is 6.54 Å². The Morgan fingerprint density at radius 1 is 0.885 bits per heavy atom. The first-order valence-electron chi connectivity index (χ1n) is 10.6. The van der Waals surface area contributed by atoms with Crippen LogP contribution in [0.5, 0.6) is 0 Å². The molecule has 26 heavy (non-hydrogen) atoms. The fourth-order valence-electron chi connectivity index (χ4n) is 3.41. The van der Waals surface area contributed by atoms with Crippen LogP contribution in [-0.4, -0.2) is 43.5 Å². The minimum Gasteiger partial charge on any atom is -0.349 e. The summed E-state index contributed by atoms with van der Waals surface area (Å²) in [5.41, 5.74) is 2.90. The third kappa shape index (κ3) is 7.77. The number of hydrogen-bond acceptors (Lipinski definition) is 3. The van der Waals surface area contributed by atoms with E-state index in [1.54, 1.807) is 0 Å². The summed E-state index contributed by atoms with van der Waals surface area (Å²) in [4.78, 5) is 2.36. The lowest BCUT2D eigenvalue weighted by Crippen LogP contribution is -2.49. The van der Waals surface area contributed by atoms with Gasteiger partial charge in [0.05, 0.1) is 19.3 Å². The van der Waals surface area contributed by atoms with E-state index in [4.69, 9.17) is 9.47 Å². The van der Waals surface area contributed by atoms with E-state index in [0.717, 1.165) is 26.2 Å². The van der Waals surface area contributed by atoms with Gasteiger partial charge in [0.15, 0.2) is 5.79 Å². The minimum atomic E-state index is -0.427. The van der Waals surface area contributed by atoms with Crippen molar-refractivity contribution in [3.63, 3.8) is 0 Å². The summed E-state index contributed by atoms with van der Waals surface area (Å²) >= 11 is 0. The van der Waals surface area contributed by atoms with Crippen molar-refractivity contribution in [1.82, 2.24) is 4.90 Å². The van der Waals surface area contributed by atoms with E-state index in [2.05, 4.69) is 43.1 Å². The lowest BCUT2D eigenvalue weighted by Gasteiger charge is -2.38. The number of ether oxygens (including phenoxy) is 2. The minimum absolute atomic E-state index is 0.356. The van der Waals surface area contributed by atoms with E-state index in [1.807, 2.05) is 13.8 Å². The highest BCUT2D eigenvalue weighted by atomic mass is 16.7. The topological polar surface area (TPSA) is 21.7 Å².